The van der Waals surface area contributed by atoms with Gasteiger partial charge < -0.3 is 15.8 Å². The third-order valence-corrected chi connectivity index (χ3v) is 3.90. The standard InChI is InChI=1S/C15H19N3O/c1-19-14-6-2-5-13(14)18-12-8-7-11(16)15-10(12)4-3-9-17-15/h3-4,7-9,13-14,18H,2,5-6,16H2,1H3. The van der Waals surface area contributed by atoms with Gasteiger partial charge in [0.2, 0.25) is 0 Å². The Balaban J connectivity index is 1.95. The molecule has 0 bridgehead atoms. The van der Waals surface area contributed by atoms with E-state index in [0.29, 0.717) is 12.1 Å². The van der Waals surface area contributed by atoms with Crippen LogP contribution in [0.3, 0.4) is 0 Å². The molecule has 4 nitrogen and oxygen atoms in total. The Labute approximate surface area is 113 Å². The summed E-state index contributed by atoms with van der Waals surface area (Å²) in [5.41, 5.74) is 8.64. The fourth-order valence-electron chi connectivity index (χ4n) is 2.89. The molecule has 1 fully saturated rings. The molecule has 2 aromatic rings. The van der Waals surface area contributed by atoms with Crippen molar-refractivity contribution in [1.29, 1.82) is 0 Å². The van der Waals surface area contributed by atoms with Crippen LogP contribution in [0.25, 0.3) is 10.9 Å². The molecule has 1 saturated carbocycles. The SMILES string of the molecule is COC1CCCC1Nc1ccc(N)c2ncccc12. The van der Waals surface area contributed by atoms with Crippen LogP contribution in [0, 0.1) is 0 Å². The zero-order valence-corrected chi connectivity index (χ0v) is 11.1. The lowest BCUT2D eigenvalue weighted by Crippen LogP contribution is -2.29. The van der Waals surface area contributed by atoms with Crippen LogP contribution in [0.15, 0.2) is 30.5 Å². The van der Waals surface area contributed by atoms with Gasteiger partial charge in [0.1, 0.15) is 0 Å². The number of hydrogen-bond donors (Lipinski definition) is 2. The molecule has 2 unspecified atom stereocenters. The van der Waals surface area contributed by atoms with Crippen LogP contribution >= 0.6 is 0 Å². The van der Waals surface area contributed by atoms with Gasteiger partial charge in [0.15, 0.2) is 0 Å². The Bertz CT molecular complexity index is 585. The predicted molar refractivity (Wildman–Crippen MR) is 78.2 cm³/mol. The van der Waals surface area contributed by atoms with E-state index in [1.807, 2.05) is 18.2 Å². The number of pyridine rings is 1. The quantitative estimate of drug-likeness (QED) is 0.830. The summed E-state index contributed by atoms with van der Waals surface area (Å²) in [5.74, 6) is 0. The molecule has 100 valence electrons. The number of fused-ring (bicyclic) bond motifs is 1. The number of nitrogen functional groups attached to an aromatic ring is 1. The summed E-state index contributed by atoms with van der Waals surface area (Å²) in [4.78, 5) is 4.36. The largest absolute Gasteiger partial charge is 0.397 e. The maximum absolute atomic E-state index is 5.97. The van der Waals surface area contributed by atoms with Crippen LogP contribution < -0.4 is 11.1 Å². The van der Waals surface area contributed by atoms with Crippen LogP contribution in [0.5, 0.6) is 0 Å². The molecule has 1 aliphatic carbocycles. The van der Waals surface area contributed by atoms with E-state index in [1.165, 1.54) is 6.42 Å². The van der Waals surface area contributed by atoms with Gasteiger partial charge in [-0.05, 0) is 43.5 Å². The van der Waals surface area contributed by atoms with Crippen LogP contribution in [-0.4, -0.2) is 24.2 Å². The summed E-state index contributed by atoms with van der Waals surface area (Å²) in [6.45, 7) is 0. The van der Waals surface area contributed by atoms with Crippen molar-refractivity contribution in [2.75, 3.05) is 18.2 Å². The molecule has 0 saturated heterocycles. The van der Waals surface area contributed by atoms with Gasteiger partial charge in [-0.1, -0.05) is 0 Å². The Morgan fingerprint density at radius 2 is 2.21 bits per heavy atom. The molecular weight excluding hydrogens is 238 g/mol. The van der Waals surface area contributed by atoms with Crippen molar-refractivity contribution in [2.24, 2.45) is 0 Å². The molecule has 0 radical (unpaired) electrons. The lowest BCUT2D eigenvalue weighted by atomic mass is 10.1. The van der Waals surface area contributed by atoms with Gasteiger partial charge in [0.05, 0.1) is 23.3 Å². The van der Waals surface area contributed by atoms with Crippen LogP contribution in [-0.2, 0) is 4.74 Å². The number of nitrogens with two attached hydrogens (primary N) is 1. The molecule has 0 spiro atoms. The monoisotopic (exact) mass is 257 g/mol. The molecule has 3 rings (SSSR count). The van der Waals surface area contributed by atoms with Crippen molar-refractivity contribution in [1.82, 2.24) is 4.98 Å². The lowest BCUT2D eigenvalue weighted by Gasteiger charge is -2.22. The van der Waals surface area contributed by atoms with E-state index in [-0.39, 0.29) is 0 Å². The van der Waals surface area contributed by atoms with E-state index in [2.05, 4.69) is 16.4 Å². The van der Waals surface area contributed by atoms with Gasteiger partial charge in [-0.3, -0.25) is 4.98 Å². The van der Waals surface area contributed by atoms with E-state index in [1.54, 1.807) is 13.3 Å². The van der Waals surface area contributed by atoms with Crippen molar-refractivity contribution in [3.63, 3.8) is 0 Å². The van der Waals surface area contributed by atoms with Crippen molar-refractivity contribution in [3.05, 3.63) is 30.5 Å². The van der Waals surface area contributed by atoms with Gasteiger partial charge in [-0.25, -0.2) is 0 Å². The Kier molecular flexibility index (Phi) is 3.25. The van der Waals surface area contributed by atoms with E-state index in [4.69, 9.17) is 10.5 Å². The van der Waals surface area contributed by atoms with E-state index >= 15 is 0 Å². The van der Waals surface area contributed by atoms with Gasteiger partial charge in [0, 0.05) is 24.4 Å². The molecular formula is C15H19N3O. The second kappa shape index (κ2) is 5.05. The van der Waals surface area contributed by atoms with Crippen LogP contribution in [0.4, 0.5) is 11.4 Å². The smallest absolute Gasteiger partial charge is 0.0951 e. The van der Waals surface area contributed by atoms with E-state index in [9.17, 15) is 0 Å². The Hall–Kier alpha value is -1.81. The van der Waals surface area contributed by atoms with Crippen LogP contribution in [0.1, 0.15) is 19.3 Å². The zero-order valence-electron chi connectivity index (χ0n) is 11.1. The first-order chi connectivity index (χ1) is 9.29. The number of hydrogen-bond acceptors (Lipinski definition) is 4. The van der Waals surface area contributed by atoms with Gasteiger partial charge in [-0.15, -0.1) is 0 Å². The molecule has 4 heteroatoms. The molecule has 2 atom stereocenters. The number of ether oxygens (including phenoxy) is 1. The topological polar surface area (TPSA) is 60.2 Å². The second-order valence-corrected chi connectivity index (χ2v) is 5.06. The highest BCUT2D eigenvalue weighted by atomic mass is 16.5. The van der Waals surface area contributed by atoms with Crippen LogP contribution in [0.2, 0.25) is 0 Å². The molecule has 3 N–H and O–H groups in total. The number of methoxy groups -OCH3 is 1. The van der Waals surface area contributed by atoms with Crippen molar-refractivity contribution in [3.8, 4) is 0 Å². The molecule has 0 aliphatic heterocycles. The normalized spacial score (nSPS) is 22.8. The minimum Gasteiger partial charge on any atom is -0.397 e. The number of aromatic nitrogens is 1. The third kappa shape index (κ3) is 2.24. The second-order valence-electron chi connectivity index (χ2n) is 5.06. The molecule has 0 amide bonds. The minimum absolute atomic E-state index is 0.296. The molecule has 19 heavy (non-hydrogen) atoms. The van der Waals surface area contributed by atoms with Gasteiger partial charge >= 0.3 is 0 Å². The molecule has 1 aromatic heterocycles. The number of rotatable bonds is 3. The maximum Gasteiger partial charge on any atom is 0.0951 e. The Morgan fingerprint density at radius 3 is 3.05 bits per heavy atom. The fraction of sp³-hybridized carbons (Fsp3) is 0.400. The summed E-state index contributed by atoms with van der Waals surface area (Å²) in [5, 5.41) is 4.66. The van der Waals surface area contributed by atoms with Gasteiger partial charge in [-0.2, -0.15) is 0 Å². The number of nitrogens with zero attached hydrogens (tertiary/aromatic N) is 1. The molecule has 1 aromatic carbocycles. The van der Waals surface area contributed by atoms with Crippen molar-refractivity contribution >= 4 is 22.3 Å². The third-order valence-electron chi connectivity index (χ3n) is 3.90. The summed E-state index contributed by atoms with van der Waals surface area (Å²) >= 11 is 0. The highest BCUT2D eigenvalue weighted by Gasteiger charge is 2.27. The summed E-state index contributed by atoms with van der Waals surface area (Å²) < 4.78 is 5.53. The zero-order chi connectivity index (χ0) is 13.2. The van der Waals surface area contributed by atoms with Gasteiger partial charge in [0.25, 0.3) is 0 Å². The molecule has 1 heterocycles. The highest BCUT2D eigenvalue weighted by molar-refractivity contribution is 5.98. The van der Waals surface area contributed by atoms with E-state index < -0.39 is 0 Å². The molecule has 1 aliphatic rings. The summed E-state index contributed by atoms with van der Waals surface area (Å²) in [7, 11) is 1.79. The fourth-order valence-corrected chi connectivity index (χ4v) is 2.89. The predicted octanol–water partition coefficient (Wildman–Crippen LogP) is 2.80. The Morgan fingerprint density at radius 1 is 1.32 bits per heavy atom. The van der Waals surface area contributed by atoms with E-state index in [0.717, 1.165) is 35.1 Å². The number of anilines is 2. The van der Waals surface area contributed by atoms with Crippen molar-refractivity contribution < 1.29 is 4.74 Å². The number of benzene rings is 1. The average Bonchev–Trinajstić information content (AvgIpc) is 2.89. The number of nitrogens with one attached hydrogen (secondary N) is 1. The minimum atomic E-state index is 0.296. The summed E-state index contributed by atoms with van der Waals surface area (Å²) in [6, 6.07) is 8.31. The first-order valence-corrected chi connectivity index (χ1v) is 6.72. The first-order valence-electron chi connectivity index (χ1n) is 6.72. The highest BCUT2D eigenvalue weighted by Crippen LogP contribution is 2.30. The first kappa shape index (κ1) is 12.2. The summed E-state index contributed by atoms with van der Waals surface area (Å²) in [6.07, 6.45) is 5.55. The van der Waals surface area contributed by atoms with Crippen molar-refractivity contribution in [2.45, 2.75) is 31.4 Å². The average molecular weight is 257 g/mol. The maximum atomic E-state index is 5.97. The lowest BCUT2D eigenvalue weighted by molar-refractivity contribution is 0.101.